The standard InChI is InChI=1S/C21H18ClN3OS.BrH/c22-18-13-11-16(12-14-18)15-27-21(23-19-9-5-2-6-10-19)25-24-20(26)17-7-3-1-4-8-17;/h1-14H,15H2,(H,23,25)(H,24,26);1H. The number of nitrogens with zero attached hydrogens (tertiary/aromatic N) is 1. The molecular formula is C21H19BrClN3OS. The van der Waals surface area contributed by atoms with Gasteiger partial charge in [0.05, 0.1) is 5.69 Å². The van der Waals surface area contributed by atoms with Crippen LogP contribution in [0.1, 0.15) is 15.9 Å². The van der Waals surface area contributed by atoms with Gasteiger partial charge in [-0.25, -0.2) is 4.99 Å². The fraction of sp³-hybridized carbons (Fsp3) is 0.0476. The maximum absolute atomic E-state index is 12.3. The van der Waals surface area contributed by atoms with Crippen molar-refractivity contribution in [2.45, 2.75) is 5.75 Å². The van der Waals surface area contributed by atoms with Crippen LogP contribution in [0.15, 0.2) is 89.9 Å². The molecule has 0 aliphatic rings. The van der Waals surface area contributed by atoms with Crippen LogP contribution in [0.2, 0.25) is 5.02 Å². The number of nitrogens with one attached hydrogen (secondary N) is 2. The molecule has 1 amide bonds. The number of aliphatic imine (C=N–C) groups is 1. The Hall–Kier alpha value is -2.28. The number of amidine groups is 1. The van der Waals surface area contributed by atoms with Crippen molar-refractivity contribution in [1.29, 1.82) is 0 Å². The molecule has 0 saturated heterocycles. The minimum Gasteiger partial charge on any atom is -0.276 e. The highest BCUT2D eigenvalue weighted by molar-refractivity contribution is 8.93. The Morgan fingerprint density at radius 1 is 0.857 bits per heavy atom. The Balaban J connectivity index is 0.00000280. The van der Waals surface area contributed by atoms with Crippen molar-refractivity contribution >= 4 is 57.1 Å². The third-order valence-corrected chi connectivity index (χ3v) is 4.79. The van der Waals surface area contributed by atoms with Crippen molar-refractivity contribution in [3.8, 4) is 0 Å². The van der Waals surface area contributed by atoms with Crippen LogP contribution in [0.5, 0.6) is 0 Å². The van der Waals surface area contributed by atoms with E-state index < -0.39 is 0 Å². The Bertz CT molecular complexity index is 906. The van der Waals surface area contributed by atoms with Gasteiger partial charge in [-0.15, -0.1) is 17.0 Å². The van der Waals surface area contributed by atoms with E-state index >= 15 is 0 Å². The van der Waals surface area contributed by atoms with Gasteiger partial charge in [-0.3, -0.25) is 15.6 Å². The minimum absolute atomic E-state index is 0. The van der Waals surface area contributed by atoms with E-state index in [4.69, 9.17) is 11.6 Å². The first kappa shape index (κ1) is 22.0. The van der Waals surface area contributed by atoms with Crippen LogP contribution >= 0.6 is 40.3 Å². The topological polar surface area (TPSA) is 53.5 Å². The number of benzene rings is 3. The fourth-order valence-corrected chi connectivity index (χ4v) is 3.14. The summed E-state index contributed by atoms with van der Waals surface area (Å²) in [5.74, 6) is 0.472. The third kappa shape index (κ3) is 7.03. The van der Waals surface area contributed by atoms with Crippen molar-refractivity contribution < 1.29 is 4.79 Å². The number of hydrogen-bond acceptors (Lipinski definition) is 3. The summed E-state index contributed by atoms with van der Waals surface area (Å²) in [4.78, 5) is 16.8. The molecule has 2 N–H and O–H groups in total. The van der Waals surface area contributed by atoms with Crippen molar-refractivity contribution in [3.63, 3.8) is 0 Å². The average molecular weight is 477 g/mol. The molecule has 144 valence electrons. The molecule has 7 heteroatoms. The summed E-state index contributed by atoms with van der Waals surface area (Å²) in [6.07, 6.45) is 0. The minimum atomic E-state index is -0.219. The molecule has 0 fully saturated rings. The first-order valence-electron chi connectivity index (χ1n) is 8.33. The third-order valence-electron chi connectivity index (χ3n) is 3.59. The van der Waals surface area contributed by atoms with Crippen LogP contribution in [-0.2, 0) is 5.75 Å². The Morgan fingerprint density at radius 3 is 2.11 bits per heavy atom. The summed E-state index contributed by atoms with van der Waals surface area (Å²) in [7, 11) is 0. The van der Waals surface area contributed by atoms with E-state index in [-0.39, 0.29) is 22.9 Å². The van der Waals surface area contributed by atoms with E-state index in [1.807, 2.05) is 72.8 Å². The monoisotopic (exact) mass is 475 g/mol. The number of para-hydroxylation sites is 1. The van der Waals surface area contributed by atoms with E-state index in [0.29, 0.717) is 21.5 Å². The van der Waals surface area contributed by atoms with Gasteiger partial charge in [-0.2, -0.15) is 0 Å². The van der Waals surface area contributed by atoms with Gasteiger partial charge in [-0.05, 0) is 42.0 Å². The lowest BCUT2D eigenvalue weighted by atomic mass is 10.2. The van der Waals surface area contributed by atoms with Gasteiger partial charge < -0.3 is 0 Å². The Kier molecular flexibility index (Phi) is 9.07. The summed E-state index contributed by atoms with van der Waals surface area (Å²) in [6.45, 7) is 0. The number of carbonyl (C=O) groups is 1. The number of amides is 1. The van der Waals surface area contributed by atoms with Gasteiger partial charge in [0.1, 0.15) is 0 Å². The number of rotatable bonds is 4. The highest BCUT2D eigenvalue weighted by Gasteiger charge is 2.07. The van der Waals surface area contributed by atoms with Crippen molar-refractivity contribution in [2.24, 2.45) is 4.99 Å². The maximum Gasteiger partial charge on any atom is 0.269 e. The first-order chi connectivity index (χ1) is 13.2. The Morgan fingerprint density at radius 2 is 1.46 bits per heavy atom. The zero-order chi connectivity index (χ0) is 18.9. The van der Waals surface area contributed by atoms with Gasteiger partial charge >= 0.3 is 0 Å². The molecule has 28 heavy (non-hydrogen) atoms. The summed E-state index contributed by atoms with van der Waals surface area (Å²) in [5, 5.41) is 1.30. The van der Waals surface area contributed by atoms with E-state index in [1.54, 1.807) is 12.1 Å². The molecule has 0 aliphatic heterocycles. The van der Waals surface area contributed by atoms with Crippen LogP contribution in [0.25, 0.3) is 0 Å². The summed E-state index contributed by atoms with van der Waals surface area (Å²) < 4.78 is 0. The number of carbonyl (C=O) groups excluding carboxylic acids is 1. The summed E-state index contributed by atoms with van der Waals surface area (Å²) in [6, 6.07) is 26.3. The van der Waals surface area contributed by atoms with Crippen molar-refractivity contribution in [2.75, 3.05) is 0 Å². The molecule has 0 heterocycles. The molecule has 0 aliphatic carbocycles. The number of hydrogen-bond donors (Lipinski definition) is 2. The second kappa shape index (κ2) is 11.5. The summed E-state index contributed by atoms with van der Waals surface area (Å²) in [5.41, 5.74) is 8.13. The summed E-state index contributed by atoms with van der Waals surface area (Å²) >= 11 is 7.43. The molecule has 0 aromatic heterocycles. The molecular weight excluding hydrogens is 458 g/mol. The smallest absolute Gasteiger partial charge is 0.269 e. The number of halogens is 2. The van der Waals surface area contributed by atoms with E-state index in [1.165, 1.54) is 11.8 Å². The van der Waals surface area contributed by atoms with Crippen LogP contribution in [0.4, 0.5) is 5.69 Å². The highest BCUT2D eigenvalue weighted by Crippen LogP contribution is 2.19. The second-order valence-electron chi connectivity index (χ2n) is 5.61. The van der Waals surface area contributed by atoms with Gasteiger partial charge in [0.15, 0.2) is 5.17 Å². The van der Waals surface area contributed by atoms with Crippen LogP contribution in [0.3, 0.4) is 0 Å². The molecule has 0 spiro atoms. The molecule has 0 radical (unpaired) electrons. The molecule has 3 rings (SSSR count). The first-order valence-corrected chi connectivity index (χ1v) is 9.69. The van der Waals surface area contributed by atoms with E-state index in [9.17, 15) is 4.79 Å². The molecule has 0 atom stereocenters. The molecule has 0 saturated carbocycles. The fourth-order valence-electron chi connectivity index (χ4n) is 2.22. The SMILES string of the molecule is Br.O=C(NNC(=Nc1ccccc1)SCc1ccc(Cl)cc1)c1ccccc1. The van der Waals surface area contributed by atoms with Gasteiger partial charge in [0.2, 0.25) is 0 Å². The zero-order valence-electron chi connectivity index (χ0n) is 14.8. The largest absolute Gasteiger partial charge is 0.276 e. The van der Waals surface area contributed by atoms with Crippen LogP contribution < -0.4 is 10.9 Å². The molecule has 3 aromatic carbocycles. The lowest BCUT2D eigenvalue weighted by molar-refractivity contribution is 0.0944. The quantitative estimate of drug-likeness (QED) is 0.285. The van der Waals surface area contributed by atoms with Gasteiger partial charge in [-0.1, -0.05) is 71.9 Å². The second-order valence-corrected chi connectivity index (χ2v) is 7.01. The van der Waals surface area contributed by atoms with Crippen LogP contribution in [-0.4, -0.2) is 11.1 Å². The Labute approximate surface area is 184 Å². The van der Waals surface area contributed by atoms with E-state index in [2.05, 4.69) is 15.8 Å². The molecule has 0 bridgehead atoms. The predicted molar refractivity (Wildman–Crippen MR) is 124 cm³/mol. The molecule has 3 aromatic rings. The molecule has 0 unspecified atom stereocenters. The van der Waals surface area contributed by atoms with Crippen molar-refractivity contribution in [3.05, 3.63) is 101 Å². The zero-order valence-corrected chi connectivity index (χ0v) is 18.1. The number of thioether (sulfide) groups is 1. The average Bonchev–Trinajstić information content (AvgIpc) is 2.72. The lowest BCUT2D eigenvalue weighted by Gasteiger charge is -2.11. The normalized spacial score (nSPS) is 10.7. The molecule has 4 nitrogen and oxygen atoms in total. The van der Waals surface area contributed by atoms with E-state index in [0.717, 1.165) is 11.3 Å². The van der Waals surface area contributed by atoms with Gasteiger partial charge in [0, 0.05) is 16.3 Å². The lowest BCUT2D eigenvalue weighted by Crippen LogP contribution is -2.40. The van der Waals surface area contributed by atoms with Crippen molar-refractivity contribution in [1.82, 2.24) is 10.9 Å². The van der Waals surface area contributed by atoms with Gasteiger partial charge in [0.25, 0.3) is 5.91 Å². The maximum atomic E-state index is 12.3. The number of hydrazine groups is 1. The van der Waals surface area contributed by atoms with Crippen LogP contribution in [0, 0.1) is 0 Å². The highest BCUT2D eigenvalue weighted by atomic mass is 79.9. The predicted octanol–water partition coefficient (Wildman–Crippen LogP) is 5.77.